The van der Waals surface area contributed by atoms with Gasteiger partial charge in [-0.1, -0.05) is 40.6 Å². The second-order valence-electron chi connectivity index (χ2n) is 5.56. The Morgan fingerprint density at radius 1 is 1.00 bits per heavy atom. The van der Waals surface area contributed by atoms with E-state index >= 15 is 0 Å². The van der Waals surface area contributed by atoms with Crippen LogP contribution >= 0.6 is 0 Å². The number of rotatable bonds is 1. The van der Waals surface area contributed by atoms with Gasteiger partial charge in [-0.3, -0.25) is 4.79 Å². The van der Waals surface area contributed by atoms with Crippen molar-refractivity contribution in [1.82, 2.24) is 0 Å². The van der Waals surface area contributed by atoms with Crippen molar-refractivity contribution in [2.75, 3.05) is 4.90 Å². The molecule has 1 amide bonds. The Kier molecular flexibility index (Phi) is 3.46. The number of amidine groups is 1. The fraction of sp³-hybridized carbons (Fsp3) is 0.0556. The molecular formula is C18H13N3O4. The topological polar surface area (TPSA) is 98.6 Å². The SMILES string of the molecule is O=C1c2ccccc2CC(=NO)N1c1c/c(=N\O)c2ccccc2o1. The Bertz CT molecular complexity index is 1080. The summed E-state index contributed by atoms with van der Waals surface area (Å²) in [6.45, 7) is 0. The number of amides is 1. The van der Waals surface area contributed by atoms with Crippen LogP contribution in [0.25, 0.3) is 11.0 Å². The molecule has 0 unspecified atom stereocenters. The molecule has 2 aromatic carbocycles. The normalized spacial score (nSPS) is 16.5. The molecule has 7 nitrogen and oxygen atoms in total. The molecule has 3 aromatic rings. The van der Waals surface area contributed by atoms with Gasteiger partial charge in [0, 0.05) is 23.4 Å². The van der Waals surface area contributed by atoms with Gasteiger partial charge in [0.25, 0.3) is 5.91 Å². The molecule has 0 saturated carbocycles. The summed E-state index contributed by atoms with van der Waals surface area (Å²) in [7, 11) is 0. The van der Waals surface area contributed by atoms with Gasteiger partial charge < -0.3 is 14.8 Å². The zero-order valence-corrected chi connectivity index (χ0v) is 13.0. The molecule has 0 atom stereocenters. The Balaban J connectivity index is 1.95. The molecule has 1 aliphatic heterocycles. The highest BCUT2D eigenvalue weighted by Crippen LogP contribution is 2.27. The van der Waals surface area contributed by atoms with Crippen LogP contribution in [0, 0.1) is 0 Å². The molecule has 0 fully saturated rings. The van der Waals surface area contributed by atoms with E-state index < -0.39 is 0 Å². The Hall–Kier alpha value is -3.61. The molecule has 7 heteroatoms. The molecule has 2 heterocycles. The van der Waals surface area contributed by atoms with Crippen molar-refractivity contribution in [3.63, 3.8) is 0 Å². The van der Waals surface area contributed by atoms with Gasteiger partial charge in [0.05, 0.1) is 0 Å². The summed E-state index contributed by atoms with van der Waals surface area (Å²) in [5.41, 5.74) is 1.71. The van der Waals surface area contributed by atoms with E-state index in [9.17, 15) is 15.2 Å². The first kappa shape index (κ1) is 14.9. The number of fused-ring (bicyclic) bond motifs is 2. The monoisotopic (exact) mass is 335 g/mol. The van der Waals surface area contributed by atoms with Gasteiger partial charge in [-0.15, -0.1) is 0 Å². The predicted molar refractivity (Wildman–Crippen MR) is 89.7 cm³/mol. The van der Waals surface area contributed by atoms with Crippen LogP contribution in [-0.4, -0.2) is 22.2 Å². The summed E-state index contributed by atoms with van der Waals surface area (Å²) in [4.78, 5) is 14.1. The fourth-order valence-corrected chi connectivity index (χ4v) is 2.97. The third-order valence-electron chi connectivity index (χ3n) is 4.14. The van der Waals surface area contributed by atoms with Crippen LogP contribution in [0.5, 0.6) is 0 Å². The number of para-hydroxylation sites is 1. The number of carbonyl (C=O) groups excluding carboxylic acids is 1. The van der Waals surface area contributed by atoms with Crippen LogP contribution in [0.15, 0.2) is 69.3 Å². The van der Waals surface area contributed by atoms with Crippen molar-refractivity contribution >= 4 is 28.6 Å². The molecule has 0 saturated heterocycles. The molecule has 1 aromatic heterocycles. The van der Waals surface area contributed by atoms with Crippen molar-refractivity contribution < 1.29 is 19.6 Å². The summed E-state index contributed by atoms with van der Waals surface area (Å²) in [6.07, 6.45) is 0.270. The lowest BCUT2D eigenvalue weighted by molar-refractivity contribution is 0.0993. The smallest absolute Gasteiger partial charge is 0.266 e. The lowest BCUT2D eigenvalue weighted by atomic mass is 9.98. The summed E-state index contributed by atoms with van der Waals surface area (Å²) in [5.74, 6) is -0.136. The number of oxime groups is 1. The summed E-state index contributed by atoms with van der Waals surface area (Å²) in [6, 6.07) is 15.5. The Morgan fingerprint density at radius 2 is 1.76 bits per heavy atom. The molecule has 25 heavy (non-hydrogen) atoms. The van der Waals surface area contributed by atoms with Crippen molar-refractivity contribution in [3.8, 4) is 0 Å². The summed E-state index contributed by atoms with van der Waals surface area (Å²) >= 11 is 0. The number of benzene rings is 2. The molecule has 124 valence electrons. The maximum Gasteiger partial charge on any atom is 0.266 e. The summed E-state index contributed by atoms with van der Waals surface area (Å²) < 4.78 is 5.80. The molecule has 4 rings (SSSR count). The third kappa shape index (κ3) is 2.33. The zero-order chi connectivity index (χ0) is 17.4. The van der Waals surface area contributed by atoms with Crippen LogP contribution in [0.4, 0.5) is 5.88 Å². The second-order valence-corrected chi connectivity index (χ2v) is 5.56. The highest BCUT2D eigenvalue weighted by molar-refractivity contribution is 6.25. The van der Waals surface area contributed by atoms with Gasteiger partial charge in [0.2, 0.25) is 5.88 Å². The first-order valence-corrected chi connectivity index (χ1v) is 7.57. The first-order valence-electron chi connectivity index (χ1n) is 7.57. The Morgan fingerprint density at radius 3 is 2.56 bits per heavy atom. The van der Waals surface area contributed by atoms with E-state index in [0.717, 1.165) is 5.56 Å². The maximum atomic E-state index is 12.9. The average molecular weight is 335 g/mol. The van der Waals surface area contributed by atoms with Crippen LogP contribution in [0.2, 0.25) is 0 Å². The highest BCUT2D eigenvalue weighted by atomic mass is 16.4. The quantitative estimate of drug-likeness (QED) is 0.527. The first-order chi connectivity index (χ1) is 12.2. The van der Waals surface area contributed by atoms with Crippen molar-refractivity contribution in [1.29, 1.82) is 0 Å². The van der Waals surface area contributed by atoms with Gasteiger partial charge in [-0.2, -0.15) is 0 Å². The number of carbonyl (C=O) groups is 1. The van der Waals surface area contributed by atoms with Gasteiger partial charge in [-0.05, 0) is 23.8 Å². The fourth-order valence-electron chi connectivity index (χ4n) is 2.97. The highest BCUT2D eigenvalue weighted by Gasteiger charge is 2.32. The molecule has 0 radical (unpaired) electrons. The molecular weight excluding hydrogens is 322 g/mol. The Labute approximate surface area is 141 Å². The van der Waals surface area contributed by atoms with Gasteiger partial charge in [0.15, 0.2) is 5.84 Å². The van der Waals surface area contributed by atoms with Crippen LogP contribution in [0.3, 0.4) is 0 Å². The number of hydrogen-bond acceptors (Lipinski definition) is 6. The van der Waals surface area contributed by atoms with E-state index in [-0.39, 0.29) is 29.4 Å². The predicted octanol–water partition coefficient (Wildman–Crippen LogP) is 2.71. The molecule has 0 spiro atoms. The van der Waals surface area contributed by atoms with Crippen molar-refractivity contribution in [3.05, 3.63) is 71.1 Å². The second kappa shape index (κ2) is 5.79. The van der Waals surface area contributed by atoms with Crippen molar-refractivity contribution in [2.45, 2.75) is 6.42 Å². The molecule has 0 aliphatic carbocycles. The van der Waals surface area contributed by atoms with Gasteiger partial charge in [0.1, 0.15) is 10.9 Å². The molecule has 2 N–H and O–H groups in total. The zero-order valence-electron chi connectivity index (χ0n) is 13.0. The van der Waals surface area contributed by atoms with Gasteiger partial charge >= 0.3 is 0 Å². The summed E-state index contributed by atoms with van der Waals surface area (Å²) in [5, 5.41) is 26.1. The van der Waals surface area contributed by atoms with E-state index in [1.54, 1.807) is 36.4 Å². The third-order valence-corrected chi connectivity index (χ3v) is 4.14. The number of nitrogens with zero attached hydrogens (tertiary/aromatic N) is 3. The minimum absolute atomic E-state index is 0.110. The van der Waals surface area contributed by atoms with E-state index in [1.165, 1.54) is 11.0 Å². The number of hydrogen-bond donors (Lipinski definition) is 2. The van der Waals surface area contributed by atoms with Gasteiger partial charge in [-0.25, -0.2) is 4.90 Å². The van der Waals surface area contributed by atoms with Crippen LogP contribution < -0.4 is 10.3 Å². The molecule has 0 bridgehead atoms. The average Bonchev–Trinajstić information content (AvgIpc) is 2.67. The van der Waals surface area contributed by atoms with Crippen LogP contribution in [-0.2, 0) is 6.42 Å². The van der Waals surface area contributed by atoms with E-state index in [4.69, 9.17) is 4.42 Å². The maximum absolute atomic E-state index is 12.9. The lowest BCUT2D eigenvalue weighted by Crippen LogP contribution is -2.43. The van der Waals surface area contributed by atoms with E-state index in [1.807, 2.05) is 12.1 Å². The van der Waals surface area contributed by atoms with E-state index in [0.29, 0.717) is 16.5 Å². The van der Waals surface area contributed by atoms with Crippen LogP contribution in [0.1, 0.15) is 15.9 Å². The number of anilines is 1. The van der Waals surface area contributed by atoms with Crippen molar-refractivity contribution in [2.24, 2.45) is 10.3 Å². The standard InChI is InChI=1S/C18H13N3O4/c22-18-12-6-2-1-5-11(12)9-16(20-24)21(18)17-10-14(19-23)13-7-3-4-8-15(13)25-17/h1-8,10,23-24H,9H2/b19-14+,20-16?. The minimum atomic E-state index is -0.377. The molecule has 1 aliphatic rings. The van der Waals surface area contributed by atoms with E-state index in [2.05, 4.69) is 10.3 Å². The largest absolute Gasteiger partial charge is 0.440 e. The lowest BCUT2D eigenvalue weighted by Gasteiger charge is -2.27. The minimum Gasteiger partial charge on any atom is -0.440 e.